The Morgan fingerprint density at radius 3 is 2.67 bits per heavy atom. The van der Waals surface area contributed by atoms with Crippen molar-refractivity contribution in [3.8, 4) is 0 Å². The van der Waals surface area contributed by atoms with Crippen LogP contribution in [0, 0.1) is 0 Å². The Hall–Kier alpha value is -1.21. The number of hydrogen-bond acceptors (Lipinski definition) is 6. The Morgan fingerprint density at radius 1 is 1.47 bits per heavy atom. The molecule has 0 bridgehead atoms. The van der Waals surface area contributed by atoms with Gasteiger partial charge in [0.15, 0.2) is 0 Å². The molecule has 1 rings (SSSR count). The van der Waals surface area contributed by atoms with Gasteiger partial charge in [-0.25, -0.2) is 10.8 Å². The summed E-state index contributed by atoms with van der Waals surface area (Å²) in [5, 5.41) is 22.0. The molecule has 6 nitrogen and oxygen atoms in total. The van der Waals surface area contributed by atoms with Gasteiger partial charge in [0.05, 0.1) is 6.10 Å². The number of anilines is 1. The number of nitrogens with one attached hydrogen (secondary N) is 2. The monoisotopic (exact) mass is 212 g/mol. The third-order valence-corrected chi connectivity index (χ3v) is 2.05. The standard InChI is InChI=1S/C9H16N4O2/c1-11-5-7(14)9(15)6-2-3-8(13-10)12-4-6/h2-4,7,9,11,14-15H,5,10H2,1H3,(H,12,13). The molecule has 1 aromatic heterocycles. The van der Waals surface area contributed by atoms with Crippen LogP contribution in [0.1, 0.15) is 11.7 Å². The number of likely N-dealkylation sites (N-methyl/N-ethyl adjacent to an activating group) is 1. The molecule has 0 aliphatic rings. The minimum Gasteiger partial charge on any atom is -0.389 e. The van der Waals surface area contributed by atoms with Crippen molar-refractivity contribution in [3.05, 3.63) is 23.9 Å². The molecule has 0 amide bonds. The molecule has 0 fully saturated rings. The molecule has 0 spiro atoms. The summed E-state index contributed by atoms with van der Waals surface area (Å²) in [5.74, 6) is 5.66. The summed E-state index contributed by atoms with van der Waals surface area (Å²) in [5.41, 5.74) is 2.93. The van der Waals surface area contributed by atoms with Gasteiger partial charge in [-0.05, 0) is 13.1 Å². The maximum Gasteiger partial charge on any atom is 0.139 e. The minimum absolute atomic E-state index is 0.318. The predicted molar refractivity (Wildman–Crippen MR) is 56.9 cm³/mol. The second-order valence-electron chi connectivity index (χ2n) is 3.19. The molecule has 0 radical (unpaired) electrons. The molecular formula is C9H16N4O2. The number of nitrogens with zero attached hydrogens (tertiary/aromatic N) is 1. The largest absolute Gasteiger partial charge is 0.389 e. The molecule has 1 heterocycles. The molecule has 1 aromatic rings. The number of nitrogen functional groups attached to an aromatic ring is 1. The van der Waals surface area contributed by atoms with E-state index < -0.39 is 12.2 Å². The molecule has 0 aliphatic carbocycles. The Morgan fingerprint density at radius 2 is 2.20 bits per heavy atom. The highest BCUT2D eigenvalue weighted by Gasteiger charge is 2.17. The van der Waals surface area contributed by atoms with Gasteiger partial charge in [0.1, 0.15) is 11.9 Å². The normalized spacial score (nSPS) is 14.7. The highest BCUT2D eigenvalue weighted by Crippen LogP contribution is 2.16. The molecule has 0 aromatic carbocycles. The topological polar surface area (TPSA) is 103 Å². The molecule has 0 saturated heterocycles. The number of aromatic nitrogens is 1. The number of rotatable bonds is 5. The number of aliphatic hydroxyl groups excluding tert-OH is 2. The van der Waals surface area contributed by atoms with Crippen molar-refractivity contribution in [3.63, 3.8) is 0 Å². The quantitative estimate of drug-likeness (QED) is 0.316. The maximum atomic E-state index is 9.70. The van der Waals surface area contributed by atoms with Crippen LogP contribution in [0.25, 0.3) is 0 Å². The van der Waals surface area contributed by atoms with Crippen molar-refractivity contribution in [1.29, 1.82) is 0 Å². The fourth-order valence-corrected chi connectivity index (χ4v) is 1.21. The molecule has 84 valence electrons. The van der Waals surface area contributed by atoms with E-state index in [1.165, 1.54) is 6.20 Å². The molecular weight excluding hydrogens is 196 g/mol. The Kier molecular flexibility index (Phi) is 4.44. The van der Waals surface area contributed by atoms with E-state index in [1.807, 2.05) is 0 Å². The zero-order chi connectivity index (χ0) is 11.3. The van der Waals surface area contributed by atoms with Gasteiger partial charge in [0.25, 0.3) is 0 Å². The highest BCUT2D eigenvalue weighted by atomic mass is 16.3. The molecule has 2 atom stereocenters. The fraction of sp³-hybridized carbons (Fsp3) is 0.444. The number of hydrogen-bond donors (Lipinski definition) is 5. The fourth-order valence-electron chi connectivity index (χ4n) is 1.21. The lowest BCUT2D eigenvalue weighted by Gasteiger charge is -2.17. The molecule has 0 saturated carbocycles. The third kappa shape index (κ3) is 3.14. The van der Waals surface area contributed by atoms with E-state index in [0.29, 0.717) is 17.9 Å². The van der Waals surface area contributed by atoms with Gasteiger partial charge in [0, 0.05) is 18.3 Å². The minimum atomic E-state index is -0.947. The van der Waals surface area contributed by atoms with E-state index in [1.54, 1.807) is 19.2 Å². The van der Waals surface area contributed by atoms with Crippen molar-refractivity contribution in [2.24, 2.45) is 5.84 Å². The molecule has 6 heteroatoms. The van der Waals surface area contributed by atoms with Crippen LogP contribution < -0.4 is 16.6 Å². The van der Waals surface area contributed by atoms with Gasteiger partial charge in [-0.15, -0.1) is 0 Å². The van der Waals surface area contributed by atoms with Crippen LogP contribution in [0.3, 0.4) is 0 Å². The Bertz CT molecular complexity index is 291. The summed E-state index contributed by atoms with van der Waals surface area (Å²) < 4.78 is 0. The summed E-state index contributed by atoms with van der Waals surface area (Å²) in [6, 6.07) is 3.29. The second-order valence-corrected chi connectivity index (χ2v) is 3.19. The number of aliphatic hydroxyl groups is 2. The summed E-state index contributed by atoms with van der Waals surface area (Å²) in [7, 11) is 1.70. The first-order chi connectivity index (χ1) is 7.19. The van der Waals surface area contributed by atoms with Crippen LogP contribution in [0.5, 0.6) is 0 Å². The zero-order valence-electron chi connectivity index (χ0n) is 8.51. The summed E-state index contributed by atoms with van der Waals surface area (Å²) in [6.07, 6.45) is -0.330. The summed E-state index contributed by atoms with van der Waals surface area (Å²) in [6.45, 7) is 0.318. The van der Waals surface area contributed by atoms with Crippen molar-refractivity contribution >= 4 is 5.82 Å². The molecule has 6 N–H and O–H groups in total. The molecule has 0 aliphatic heterocycles. The van der Waals surface area contributed by atoms with Gasteiger partial charge < -0.3 is 21.0 Å². The van der Waals surface area contributed by atoms with E-state index in [2.05, 4.69) is 15.7 Å². The van der Waals surface area contributed by atoms with Crippen LogP contribution in [0.15, 0.2) is 18.3 Å². The smallest absolute Gasteiger partial charge is 0.139 e. The van der Waals surface area contributed by atoms with Crippen LogP contribution in [-0.4, -0.2) is 34.9 Å². The first kappa shape index (κ1) is 11.9. The average Bonchev–Trinajstić information content (AvgIpc) is 2.28. The highest BCUT2D eigenvalue weighted by molar-refractivity contribution is 5.34. The summed E-state index contributed by atoms with van der Waals surface area (Å²) in [4.78, 5) is 3.93. The lowest BCUT2D eigenvalue weighted by molar-refractivity contribution is 0.0200. The van der Waals surface area contributed by atoms with E-state index in [4.69, 9.17) is 5.84 Å². The van der Waals surface area contributed by atoms with E-state index in [0.717, 1.165) is 0 Å². The lowest BCUT2D eigenvalue weighted by Crippen LogP contribution is -2.29. The van der Waals surface area contributed by atoms with Crippen LogP contribution in [0.4, 0.5) is 5.82 Å². The van der Waals surface area contributed by atoms with Gasteiger partial charge in [-0.3, -0.25) is 0 Å². The van der Waals surface area contributed by atoms with Gasteiger partial charge in [0.2, 0.25) is 0 Å². The summed E-state index contributed by atoms with van der Waals surface area (Å²) >= 11 is 0. The third-order valence-electron chi connectivity index (χ3n) is 2.05. The number of pyridine rings is 1. The van der Waals surface area contributed by atoms with Gasteiger partial charge in [-0.1, -0.05) is 6.07 Å². The van der Waals surface area contributed by atoms with Gasteiger partial charge in [-0.2, -0.15) is 0 Å². The van der Waals surface area contributed by atoms with Crippen molar-refractivity contribution < 1.29 is 10.2 Å². The predicted octanol–water partition coefficient (Wildman–Crippen LogP) is -1.02. The first-order valence-electron chi connectivity index (χ1n) is 4.62. The van der Waals surface area contributed by atoms with Crippen molar-refractivity contribution in [2.45, 2.75) is 12.2 Å². The molecule has 2 unspecified atom stereocenters. The van der Waals surface area contributed by atoms with Crippen LogP contribution in [0.2, 0.25) is 0 Å². The van der Waals surface area contributed by atoms with Crippen LogP contribution >= 0.6 is 0 Å². The second kappa shape index (κ2) is 5.62. The Labute approximate surface area is 88.1 Å². The van der Waals surface area contributed by atoms with E-state index in [-0.39, 0.29) is 0 Å². The average molecular weight is 212 g/mol. The zero-order valence-corrected chi connectivity index (χ0v) is 8.51. The number of nitrogens with two attached hydrogens (primary N) is 1. The molecule has 15 heavy (non-hydrogen) atoms. The van der Waals surface area contributed by atoms with Crippen molar-refractivity contribution in [1.82, 2.24) is 10.3 Å². The van der Waals surface area contributed by atoms with Crippen molar-refractivity contribution in [2.75, 3.05) is 19.0 Å². The first-order valence-corrected chi connectivity index (χ1v) is 4.62. The SMILES string of the molecule is CNCC(O)C(O)c1ccc(NN)nc1. The van der Waals surface area contributed by atoms with E-state index >= 15 is 0 Å². The van der Waals surface area contributed by atoms with E-state index in [9.17, 15) is 10.2 Å². The Balaban J connectivity index is 2.69. The van der Waals surface area contributed by atoms with Gasteiger partial charge >= 0.3 is 0 Å². The number of hydrazine groups is 1. The lowest BCUT2D eigenvalue weighted by atomic mass is 10.1. The van der Waals surface area contributed by atoms with Crippen LogP contribution in [-0.2, 0) is 0 Å². The maximum absolute atomic E-state index is 9.70.